The van der Waals surface area contributed by atoms with Gasteiger partial charge in [0.2, 0.25) is 5.91 Å². The van der Waals surface area contributed by atoms with Crippen LogP contribution in [-0.2, 0) is 11.2 Å². The molecule has 1 aliphatic heterocycles. The summed E-state index contributed by atoms with van der Waals surface area (Å²) in [6.07, 6.45) is 14.7. The van der Waals surface area contributed by atoms with Crippen LogP contribution in [0.15, 0.2) is 24.4 Å². The van der Waals surface area contributed by atoms with Gasteiger partial charge in [0.1, 0.15) is 5.82 Å². The van der Waals surface area contributed by atoms with Gasteiger partial charge in [-0.3, -0.25) is 4.79 Å². The Morgan fingerprint density at radius 2 is 2.00 bits per heavy atom. The molecule has 1 N–H and O–H groups in total. The minimum Gasteiger partial charge on any atom is -0.340 e. The summed E-state index contributed by atoms with van der Waals surface area (Å²) in [6.45, 7) is 7.15. The van der Waals surface area contributed by atoms with E-state index in [2.05, 4.69) is 42.9 Å². The van der Waals surface area contributed by atoms with Gasteiger partial charge in [-0.1, -0.05) is 19.9 Å². The van der Waals surface area contributed by atoms with Gasteiger partial charge >= 0.3 is 0 Å². The average Bonchev–Trinajstić information content (AvgIpc) is 3.33. The molecule has 5 nitrogen and oxygen atoms in total. The van der Waals surface area contributed by atoms with E-state index in [0.717, 1.165) is 41.7 Å². The molecule has 2 aromatic heterocycles. The van der Waals surface area contributed by atoms with E-state index in [4.69, 9.17) is 4.98 Å². The van der Waals surface area contributed by atoms with Crippen molar-refractivity contribution in [2.75, 3.05) is 7.05 Å². The number of nitrogens with zero attached hydrogens (tertiary/aromatic N) is 3. The van der Waals surface area contributed by atoms with Gasteiger partial charge in [0.05, 0.1) is 5.52 Å². The zero-order chi connectivity index (χ0) is 22.3. The highest BCUT2D eigenvalue weighted by Crippen LogP contribution is 2.65. The molecule has 4 aliphatic rings. The number of rotatable bonds is 2. The van der Waals surface area contributed by atoms with Crippen molar-refractivity contribution in [3.63, 3.8) is 0 Å². The van der Waals surface area contributed by atoms with Crippen molar-refractivity contribution in [1.82, 2.24) is 19.9 Å². The second kappa shape index (κ2) is 6.91. The van der Waals surface area contributed by atoms with Crippen molar-refractivity contribution < 1.29 is 4.79 Å². The molecule has 3 saturated carbocycles. The van der Waals surface area contributed by atoms with Crippen LogP contribution in [-0.4, -0.2) is 38.8 Å². The van der Waals surface area contributed by atoms with Crippen molar-refractivity contribution in [2.24, 2.45) is 34.5 Å². The van der Waals surface area contributed by atoms with E-state index in [0.29, 0.717) is 23.3 Å². The number of H-pyrrole nitrogens is 1. The van der Waals surface area contributed by atoms with E-state index >= 15 is 0 Å². The SMILES string of the molecule is Cc1ccnc2nc(C[C@H]3CC[C@H]4[C@@H]5CC[C@H]6N(C)C(=O)C=C[C@]6(C)[C@H]5CC[C@]34C)[nH]c12. The predicted molar refractivity (Wildman–Crippen MR) is 126 cm³/mol. The molecule has 6 rings (SSSR count). The zero-order valence-corrected chi connectivity index (χ0v) is 19.9. The van der Waals surface area contributed by atoms with Crippen LogP contribution < -0.4 is 0 Å². The summed E-state index contributed by atoms with van der Waals surface area (Å²) < 4.78 is 0. The lowest BCUT2D eigenvalue weighted by Gasteiger charge is -2.60. The van der Waals surface area contributed by atoms with Crippen molar-refractivity contribution >= 4 is 17.1 Å². The monoisotopic (exact) mass is 432 g/mol. The first-order valence-corrected chi connectivity index (χ1v) is 12.6. The first-order chi connectivity index (χ1) is 15.3. The quantitative estimate of drug-likeness (QED) is 0.721. The Morgan fingerprint density at radius 3 is 2.81 bits per heavy atom. The molecule has 1 amide bonds. The van der Waals surface area contributed by atoms with Crippen LogP contribution in [0.25, 0.3) is 11.2 Å². The summed E-state index contributed by atoms with van der Waals surface area (Å²) in [5.41, 5.74) is 3.70. The van der Waals surface area contributed by atoms with Crippen molar-refractivity contribution in [1.29, 1.82) is 0 Å². The number of carbonyl (C=O) groups is 1. The second-order valence-corrected chi connectivity index (χ2v) is 11.7. The number of hydrogen-bond donors (Lipinski definition) is 1. The minimum absolute atomic E-state index is 0.132. The van der Waals surface area contributed by atoms with E-state index in [1.807, 2.05) is 24.2 Å². The number of aryl methyl sites for hydroxylation is 1. The molecular formula is C27H36N4O. The second-order valence-electron chi connectivity index (χ2n) is 11.7. The molecule has 170 valence electrons. The number of pyridine rings is 1. The Balaban J connectivity index is 1.26. The minimum atomic E-state index is 0.132. The van der Waals surface area contributed by atoms with Crippen LogP contribution >= 0.6 is 0 Å². The van der Waals surface area contributed by atoms with E-state index in [1.54, 1.807) is 0 Å². The van der Waals surface area contributed by atoms with E-state index in [-0.39, 0.29) is 11.3 Å². The maximum atomic E-state index is 12.3. The van der Waals surface area contributed by atoms with E-state index in [1.165, 1.54) is 37.7 Å². The molecule has 5 heteroatoms. The maximum Gasteiger partial charge on any atom is 0.246 e. The summed E-state index contributed by atoms with van der Waals surface area (Å²) in [7, 11) is 2.01. The fraction of sp³-hybridized carbons (Fsp3) is 0.667. The average molecular weight is 433 g/mol. The summed E-state index contributed by atoms with van der Waals surface area (Å²) in [5, 5.41) is 0. The molecule has 3 aliphatic carbocycles. The van der Waals surface area contributed by atoms with Crippen molar-refractivity contribution in [3.05, 3.63) is 35.8 Å². The summed E-state index contributed by atoms with van der Waals surface area (Å²) in [5.74, 6) is 4.26. The Morgan fingerprint density at radius 1 is 1.16 bits per heavy atom. The first kappa shape index (κ1) is 20.4. The number of fused-ring (bicyclic) bond motifs is 6. The molecule has 3 heterocycles. The van der Waals surface area contributed by atoms with E-state index in [9.17, 15) is 4.79 Å². The van der Waals surface area contributed by atoms with Gasteiger partial charge in [0.15, 0.2) is 5.65 Å². The van der Waals surface area contributed by atoms with Gasteiger partial charge in [-0.2, -0.15) is 0 Å². The Labute approximate surface area is 191 Å². The highest BCUT2D eigenvalue weighted by molar-refractivity contribution is 5.89. The predicted octanol–water partition coefficient (Wildman–Crippen LogP) is 5.06. The molecule has 0 spiro atoms. The molecule has 7 atom stereocenters. The molecule has 3 fully saturated rings. The number of aromatic amines is 1. The lowest BCUT2D eigenvalue weighted by Crippen LogP contribution is -2.59. The van der Waals surface area contributed by atoms with Gasteiger partial charge in [0, 0.05) is 31.1 Å². The van der Waals surface area contributed by atoms with Gasteiger partial charge in [0.25, 0.3) is 0 Å². The molecule has 0 radical (unpaired) electrons. The number of carbonyl (C=O) groups excluding carboxylic acids is 1. The Hall–Kier alpha value is -2.17. The van der Waals surface area contributed by atoms with Crippen LogP contribution in [0.5, 0.6) is 0 Å². The lowest BCUT2D eigenvalue weighted by atomic mass is 9.47. The van der Waals surface area contributed by atoms with Gasteiger partial charge in [-0.15, -0.1) is 0 Å². The third-order valence-electron chi connectivity index (χ3n) is 10.4. The number of hydrogen-bond acceptors (Lipinski definition) is 3. The highest BCUT2D eigenvalue weighted by Gasteiger charge is 2.60. The third-order valence-corrected chi connectivity index (χ3v) is 10.4. The zero-order valence-electron chi connectivity index (χ0n) is 19.9. The maximum absolute atomic E-state index is 12.3. The molecule has 0 bridgehead atoms. The standard InChI is InChI=1S/C27H36N4O/c1-16-11-14-28-25-24(16)29-22(30-25)15-17-5-7-19-18-6-8-21-27(3,13-10-23(32)31(21)4)20(18)9-12-26(17,19)2/h10-11,13-14,17-21H,5-9,12,15H2,1-4H3,(H,28,29,30)/t17-,18+,19+,20+,21-,26-,27-/m1/s1. The molecule has 32 heavy (non-hydrogen) atoms. The van der Waals surface area contributed by atoms with Gasteiger partial charge < -0.3 is 9.88 Å². The summed E-state index contributed by atoms with van der Waals surface area (Å²) >= 11 is 0. The Bertz CT molecular complexity index is 1100. The van der Waals surface area contributed by atoms with Crippen molar-refractivity contribution in [3.8, 4) is 0 Å². The molecule has 0 aromatic carbocycles. The van der Waals surface area contributed by atoms with Crippen LogP contribution in [0.4, 0.5) is 0 Å². The number of imidazole rings is 1. The van der Waals surface area contributed by atoms with Crippen LogP contribution in [0.2, 0.25) is 0 Å². The number of amides is 1. The van der Waals surface area contributed by atoms with Crippen LogP contribution in [0.3, 0.4) is 0 Å². The number of nitrogens with one attached hydrogen (secondary N) is 1. The first-order valence-electron chi connectivity index (χ1n) is 12.6. The normalized spacial score (nSPS) is 40.9. The molecule has 0 saturated heterocycles. The van der Waals surface area contributed by atoms with E-state index < -0.39 is 0 Å². The van der Waals surface area contributed by atoms with Gasteiger partial charge in [-0.25, -0.2) is 9.97 Å². The molecular weight excluding hydrogens is 396 g/mol. The smallest absolute Gasteiger partial charge is 0.246 e. The topological polar surface area (TPSA) is 61.9 Å². The number of likely N-dealkylation sites (N-methyl/N-ethyl adjacent to an activating group) is 1. The van der Waals surface area contributed by atoms with Crippen molar-refractivity contribution in [2.45, 2.75) is 71.8 Å². The molecule has 2 aromatic rings. The number of aromatic nitrogens is 3. The third kappa shape index (κ3) is 2.72. The van der Waals surface area contributed by atoms with Gasteiger partial charge in [-0.05, 0) is 92.2 Å². The largest absolute Gasteiger partial charge is 0.340 e. The fourth-order valence-electron chi connectivity index (χ4n) is 8.60. The fourth-order valence-corrected chi connectivity index (χ4v) is 8.60. The molecule has 0 unspecified atom stereocenters. The highest BCUT2D eigenvalue weighted by atomic mass is 16.2. The Kier molecular flexibility index (Phi) is 4.42. The van der Waals surface area contributed by atoms with Crippen LogP contribution in [0.1, 0.15) is 63.8 Å². The summed E-state index contributed by atoms with van der Waals surface area (Å²) in [4.78, 5) is 27.3. The lowest BCUT2D eigenvalue weighted by molar-refractivity contribution is -0.138. The van der Waals surface area contributed by atoms with Crippen LogP contribution in [0, 0.1) is 41.4 Å². The summed E-state index contributed by atoms with van der Waals surface area (Å²) in [6, 6.07) is 2.43.